The Morgan fingerprint density at radius 2 is 1.56 bits per heavy atom. The summed E-state index contributed by atoms with van der Waals surface area (Å²) in [7, 11) is 0. The van der Waals surface area contributed by atoms with Crippen LogP contribution in [0.2, 0.25) is 0 Å². The molecular weight excluding hydrogens is 357 g/mol. The molecule has 0 saturated carbocycles. The zero-order chi connectivity index (χ0) is 18.6. The van der Waals surface area contributed by atoms with Gasteiger partial charge in [-0.25, -0.2) is 4.39 Å². The zero-order valence-corrected chi connectivity index (χ0v) is 15.7. The molecule has 0 bridgehead atoms. The quantitative estimate of drug-likeness (QED) is 0.421. The van der Waals surface area contributed by atoms with Crippen molar-refractivity contribution in [3.05, 3.63) is 95.8 Å². The van der Waals surface area contributed by atoms with Crippen LogP contribution in [0.15, 0.2) is 84.0 Å². The first-order chi connectivity index (χ1) is 13.2. The van der Waals surface area contributed by atoms with E-state index in [1.54, 1.807) is 12.1 Å². The minimum atomic E-state index is -0.199. The number of halogens is 1. The topological polar surface area (TPSA) is 30.7 Å². The second-order valence-electron chi connectivity index (χ2n) is 6.22. The van der Waals surface area contributed by atoms with Gasteiger partial charge in [-0.05, 0) is 30.7 Å². The van der Waals surface area contributed by atoms with Crippen LogP contribution in [0, 0.1) is 12.7 Å². The van der Waals surface area contributed by atoms with Gasteiger partial charge in [-0.15, -0.1) is 10.2 Å². The second-order valence-corrected chi connectivity index (χ2v) is 7.17. The molecule has 0 aliphatic heterocycles. The summed E-state index contributed by atoms with van der Waals surface area (Å²) in [6.07, 6.45) is 0. The van der Waals surface area contributed by atoms with E-state index < -0.39 is 0 Å². The van der Waals surface area contributed by atoms with E-state index >= 15 is 0 Å². The van der Waals surface area contributed by atoms with Gasteiger partial charge in [-0.3, -0.25) is 4.57 Å². The first kappa shape index (κ1) is 17.5. The monoisotopic (exact) mass is 375 g/mol. The number of hydrogen-bond acceptors (Lipinski definition) is 3. The van der Waals surface area contributed by atoms with Gasteiger partial charge in [0.05, 0.1) is 0 Å². The van der Waals surface area contributed by atoms with E-state index in [2.05, 4.69) is 41.4 Å². The lowest BCUT2D eigenvalue weighted by Gasteiger charge is -2.11. The lowest BCUT2D eigenvalue weighted by molar-refractivity contribution is 0.617. The smallest absolute Gasteiger partial charge is 0.196 e. The summed E-state index contributed by atoms with van der Waals surface area (Å²) in [5.41, 5.74) is 3.82. The van der Waals surface area contributed by atoms with E-state index in [-0.39, 0.29) is 5.82 Å². The Kier molecular flexibility index (Phi) is 5.03. The third-order valence-corrected chi connectivity index (χ3v) is 5.25. The molecule has 134 valence electrons. The Morgan fingerprint density at radius 3 is 2.30 bits per heavy atom. The van der Waals surface area contributed by atoms with Crippen LogP contribution < -0.4 is 0 Å². The predicted octanol–water partition coefficient (Wildman–Crippen LogP) is 5.67. The second kappa shape index (κ2) is 7.76. The average molecular weight is 375 g/mol. The van der Waals surface area contributed by atoms with Gasteiger partial charge < -0.3 is 0 Å². The van der Waals surface area contributed by atoms with Crippen LogP contribution >= 0.6 is 11.8 Å². The standard InChI is InChI=1S/C22H18FN3S/c1-16-11-13-19(14-12-16)26-21(17-7-3-2-4-8-17)24-25-22(26)27-15-18-9-5-6-10-20(18)23/h2-14H,15H2,1H3. The Bertz CT molecular complexity index is 1040. The molecule has 4 aromatic rings. The summed E-state index contributed by atoms with van der Waals surface area (Å²) in [5, 5.41) is 9.54. The Balaban J connectivity index is 1.74. The molecule has 4 rings (SSSR count). The summed E-state index contributed by atoms with van der Waals surface area (Å²) >= 11 is 1.48. The van der Waals surface area contributed by atoms with Gasteiger partial charge in [0, 0.05) is 17.0 Å². The van der Waals surface area contributed by atoms with Crippen LogP contribution in [0.4, 0.5) is 4.39 Å². The van der Waals surface area contributed by atoms with Gasteiger partial charge in [0.25, 0.3) is 0 Å². The van der Waals surface area contributed by atoms with Crippen LogP contribution in [-0.2, 0) is 5.75 Å². The molecule has 0 aliphatic rings. The molecule has 3 aromatic carbocycles. The van der Waals surface area contributed by atoms with Crippen molar-refractivity contribution in [3.8, 4) is 17.1 Å². The molecule has 0 saturated heterocycles. The van der Waals surface area contributed by atoms with Crippen LogP contribution in [0.5, 0.6) is 0 Å². The Morgan fingerprint density at radius 1 is 0.852 bits per heavy atom. The predicted molar refractivity (Wildman–Crippen MR) is 107 cm³/mol. The maximum atomic E-state index is 14.0. The zero-order valence-electron chi connectivity index (χ0n) is 14.8. The molecule has 27 heavy (non-hydrogen) atoms. The normalized spacial score (nSPS) is 10.9. The molecule has 0 amide bonds. The first-order valence-electron chi connectivity index (χ1n) is 8.66. The summed E-state index contributed by atoms with van der Waals surface area (Å²) in [5.74, 6) is 1.07. The molecule has 0 atom stereocenters. The van der Waals surface area contributed by atoms with E-state index in [0.717, 1.165) is 22.2 Å². The van der Waals surface area contributed by atoms with Crippen molar-refractivity contribution in [1.29, 1.82) is 0 Å². The fourth-order valence-electron chi connectivity index (χ4n) is 2.82. The van der Waals surface area contributed by atoms with Crippen molar-refractivity contribution in [3.63, 3.8) is 0 Å². The molecule has 0 spiro atoms. The molecular formula is C22H18FN3S. The molecule has 5 heteroatoms. The minimum Gasteiger partial charge on any atom is -0.270 e. The van der Waals surface area contributed by atoms with Crippen molar-refractivity contribution in [1.82, 2.24) is 14.8 Å². The molecule has 0 radical (unpaired) electrons. The fraction of sp³-hybridized carbons (Fsp3) is 0.0909. The van der Waals surface area contributed by atoms with Crippen molar-refractivity contribution >= 4 is 11.8 Å². The van der Waals surface area contributed by atoms with Gasteiger partial charge in [0.15, 0.2) is 11.0 Å². The van der Waals surface area contributed by atoms with E-state index in [1.165, 1.54) is 23.4 Å². The van der Waals surface area contributed by atoms with Crippen molar-refractivity contribution in [2.75, 3.05) is 0 Å². The van der Waals surface area contributed by atoms with Crippen molar-refractivity contribution < 1.29 is 4.39 Å². The lowest BCUT2D eigenvalue weighted by atomic mass is 10.2. The van der Waals surface area contributed by atoms with Gasteiger partial charge in [-0.2, -0.15) is 0 Å². The van der Waals surface area contributed by atoms with E-state index in [0.29, 0.717) is 11.3 Å². The SMILES string of the molecule is Cc1ccc(-n2c(SCc3ccccc3F)nnc2-c2ccccc2)cc1. The molecule has 3 nitrogen and oxygen atoms in total. The average Bonchev–Trinajstić information content (AvgIpc) is 3.12. The van der Waals surface area contributed by atoms with Crippen LogP contribution in [-0.4, -0.2) is 14.8 Å². The van der Waals surface area contributed by atoms with E-state index in [4.69, 9.17) is 0 Å². The van der Waals surface area contributed by atoms with Crippen LogP contribution in [0.3, 0.4) is 0 Å². The molecule has 0 N–H and O–H groups in total. The Hall–Kier alpha value is -2.92. The molecule has 0 unspecified atom stereocenters. The third-order valence-electron chi connectivity index (χ3n) is 4.27. The number of nitrogens with zero attached hydrogens (tertiary/aromatic N) is 3. The van der Waals surface area contributed by atoms with E-state index in [9.17, 15) is 4.39 Å². The highest BCUT2D eigenvalue weighted by atomic mass is 32.2. The lowest BCUT2D eigenvalue weighted by Crippen LogP contribution is -2.00. The van der Waals surface area contributed by atoms with Crippen LogP contribution in [0.1, 0.15) is 11.1 Å². The van der Waals surface area contributed by atoms with Gasteiger partial charge in [-0.1, -0.05) is 78.0 Å². The molecule has 1 aromatic heterocycles. The third kappa shape index (κ3) is 3.78. The molecule has 1 heterocycles. The largest absolute Gasteiger partial charge is 0.270 e. The van der Waals surface area contributed by atoms with Crippen molar-refractivity contribution in [2.24, 2.45) is 0 Å². The molecule has 0 fully saturated rings. The highest BCUT2D eigenvalue weighted by molar-refractivity contribution is 7.98. The van der Waals surface area contributed by atoms with Gasteiger partial charge >= 0.3 is 0 Å². The summed E-state index contributed by atoms with van der Waals surface area (Å²) in [6.45, 7) is 2.06. The maximum Gasteiger partial charge on any atom is 0.196 e. The highest BCUT2D eigenvalue weighted by Gasteiger charge is 2.16. The number of rotatable bonds is 5. The number of aromatic nitrogens is 3. The molecule has 0 aliphatic carbocycles. The summed E-state index contributed by atoms with van der Waals surface area (Å²) in [4.78, 5) is 0. The van der Waals surface area contributed by atoms with E-state index in [1.807, 2.05) is 41.0 Å². The van der Waals surface area contributed by atoms with Gasteiger partial charge in [0.1, 0.15) is 5.82 Å². The first-order valence-corrected chi connectivity index (χ1v) is 9.65. The number of benzene rings is 3. The van der Waals surface area contributed by atoms with Gasteiger partial charge in [0.2, 0.25) is 0 Å². The number of thioether (sulfide) groups is 1. The highest BCUT2D eigenvalue weighted by Crippen LogP contribution is 2.30. The number of aryl methyl sites for hydroxylation is 1. The van der Waals surface area contributed by atoms with Crippen LogP contribution in [0.25, 0.3) is 17.1 Å². The fourth-order valence-corrected chi connectivity index (χ4v) is 3.76. The summed E-state index contributed by atoms with van der Waals surface area (Å²) in [6, 6.07) is 25.0. The Labute approximate surface area is 161 Å². The number of hydrogen-bond donors (Lipinski definition) is 0. The minimum absolute atomic E-state index is 0.199. The summed E-state index contributed by atoms with van der Waals surface area (Å²) < 4.78 is 16.0. The van der Waals surface area contributed by atoms with Crippen molar-refractivity contribution in [2.45, 2.75) is 17.8 Å². The maximum absolute atomic E-state index is 14.0.